The highest BCUT2D eigenvalue weighted by atomic mass is 35.5. The molecule has 0 saturated carbocycles. The zero-order chi connectivity index (χ0) is 17.7. The molecular formula is C15H16ClNO4S3. The molecule has 130 valence electrons. The molecule has 0 fully saturated rings. The third-order valence-corrected chi connectivity index (χ3v) is 7.37. The Morgan fingerprint density at radius 1 is 1.25 bits per heavy atom. The van der Waals surface area contributed by atoms with Gasteiger partial charge in [-0.25, -0.2) is 8.42 Å². The summed E-state index contributed by atoms with van der Waals surface area (Å²) in [5, 5.41) is 0. The summed E-state index contributed by atoms with van der Waals surface area (Å²) in [7, 11) is -2.41. The highest BCUT2D eigenvalue weighted by molar-refractivity contribution is 7.98. The average molecular weight is 406 g/mol. The maximum absolute atomic E-state index is 12.3. The van der Waals surface area contributed by atoms with E-state index in [0.717, 1.165) is 26.1 Å². The number of halogens is 1. The van der Waals surface area contributed by atoms with Crippen LogP contribution in [0.2, 0.25) is 4.34 Å². The number of esters is 1. The molecule has 0 radical (unpaired) electrons. The topological polar surface area (TPSA) is 63.7 Å². The van der Waals surface area contributed by atoms with Crippen molar-refractivity contribution in [2.75, 3.05) is 19.8 Å². The standard InChI is InChI=1S/C15H16ClNO4S3/c1-17(24(19,20)15-8-7-13(16)23-15)9-14(18)21-10-11-3-5-12(22-2)6-4-11/h3-8H,9-10H2,1-2H3. The summed E-state index contributed by atoms with van der Waals surface area (Å²) in [4.78, 5) is 13.0. The number of thioether (sulfide) groups is 1. The first-order valence-electron chi connectivity index (χ1n) is 6.83. The summed E-state index contributed by atoms with van der Waals surface area (Å²) in [6, 6.07) is 10.5. The monoisotopic (exact) mass is 405 g/mol. The molecule has 9 heteroatoms. The Bertz CT molecular complexity index is 802. The van der Waals surface area contributed by atoms with Gasteiger partial charge in [0, 0.05) is 11.9 Å². The maximum Gasteiger partial charge on any atom is 0.321 e. The van der Waals surface area contributed by atoms with Gasteiger partial charge in [0.05, 0.1) is 4.34 Å². The fraction of sp³-hybridized carbons (Fsp3) is 0.267. The van der Waals surface area contributed by atoms with Gasteiger partial charge in [-0.15, -0.1) is 23.1 Å². The van der Waals surface area contributed by atoms with Crippen LogP contribution >= 0.6 is 34.7 Å². The van der Waals surface area contributed by atoms with Gasteiger partial charge >= 0.3 is 5.97 Å². The Kier molecular flexibility index (Phi) is 6.70. The number of benzene rings is 1. The Labute approximate surface area is 154 Å². The van der Waals surface area contributed by atoms with Crippen LogP contribution in [-0.4, -0.2) is 38.5 Å². The number of thiophene rings is 1. The van der Waals surface area contributed by atoms with Crippen LogP contribution in [-0.2, 0) is 26.2 Å². The average Bonchev–Trinajstić information content (AvgIpc) is 3.00. The second-order valence-corrected chi connectivity index (χ2v) is 9.69. The van der Waals surface area contributed by atoms with Crippen molar-refractivity contribution in [2.45, 2.75) is 15.7 Å². The number of carbonyl (C=O) groups is 1. The molecule has 0 spiro atoms. The summed E-state index contributed by atoms with van der Waals surface area (Å²) < 4.78 is 31.1. The van der Waals surface area contributed by atoms with E-state index in [9.17, 15) is 13.2 Å². The van der Waals surface area contributed by atoms with Crippen molar-refractivity contribution < 1.29 is 17.9 Å². The summed E-state index contributed by atoms with van der Waals surface area (Å²) in [5.41, 5.74) is 0.844. The van der Waals surface area contributed by atoms with Crippen molar-refractivity contribution in [1.29, 1.82) is 0 Å². The highest BCUT2D eigenvalue weighted by Crippen LogP contribution is 2.27. The normalized spacial score (nSPS) is 11.7. The van der Waals surface area contributed by atoms with Crippen LogP contribution in [0, 0.1) is 0 Å². The van der Waals surface area contributed by atoms with Gasteiger partial charge in [0.1, 0.15) is 17.4 Å². The lowest BCUT2D eigenvalue weighted by molar-refractivity contribution is -0.144. The largest absolute Gasteiger partial charge is 0.460 e. The minimum absolute atomic E-state index is 0.0930. The van der Waals surface area contributed by atoms with Crippen LogP contribution < -0.4 is 0 Å². The van der Waals surface area contributed by atoms with Crippen LogP contribution in [0.4, 0.5) is 0 Å². The van der Waals surface area contributed by atoms with Gasteiger partial charge in [-0.2, -0.15) is 4.31 Å². The second-order valence-electron chi connectivity index (χ2n) is 4.83. The summed E-state index contributed by atoms with van der Waals surface area (Å²) in [6.45, 7) is -0.257. The first-order chi connectivity index (χ1) is 11.3. The number of likely N-dealkylation sites (N-methyl/N-ethyl adjacent to an activating group) is 1. The SMILES string of the molecule is CSc1ccc(COC(=O)CN(C)S(=O)(=O)c2ccc(Cl)s2)cc1. The number of ether oxygens (including phenoxy) is 1. The van der Waals surface area contributed by atoms with Crippen molar-refractivity contribution in [2.24, 2.45) is 0 Å². The molecule has 24 heavy (non-hydrogen) atoms. The predicted octanol–water partition coefficient (Wildman–Crippen LogP) is 3.49. The van der Waals surface area contributed by atoms with Crippen LogP contribution in [0.15, 0.2) is 45.5 Å². The van der Waals surface area contributed by atoms with E-state index >= 15 is 0 Å². The Hall–Kier alpha value is -1.06. The van der Waals surface area contributed by atoms with E-state index < -0.39 is 16.0 Å². The van der Waals surface area contributed by atoms with Gasteiger partial charge < -0.3 is 4.74 Å². The highest BCUT2D eigenvalue weighted by Gasteiger charge is 2.25. The molecule has 2 rings (SSSR count). The summed E-state index contributed by atoms with van der Waals surface area (Å²) >= 11 is 8.33. The van der Waals surface area contributed by atoms with Gasteiger partial charge in [-0.05, 0) is 36.1 Å². The minimum Gasteiger partial charge on any atom is -0.460 e. The zero-order valence-corrected chi connectivity index (χ0v) is 16.3. The van der Waals surface area contributed by atoms with Gasteiger partial charge in [-0.1, -0.05) is 23.7 Å². The minimum atomic E-state index is -3.74. The lowest BCUT2D eigenvalue weighted by Gasteiger charge is -2.15. The van der Waals surface area contributed by atoms with Gasteiger partial charge in [0.15, 0.2) is 0 Å². The Morgan fingerprint density at radius 3 is 2.46 bits per heavy atom. The Morgan fingerprint density at radius 2 is 1.92 bits per heavy atom. The van der Waals surface area contributed by atoms with E-state index in [1.54, 1.807) is 11.8 Å². The van der Waals surface area contributed by atoms with Crippen molar-refractivity contribution in [1.82, 2.24) is 4.31 Å². The van der Waals surface area contributed by atoms with E-state index in [2.05, 4.69) is 0 Å². The van der Waals surface area contributed by atoms with Gasteiger partial charge in [0.2, 0.25) is 0 Å². The molecule has 0 N–H and O–H groups in total. The molecule has 2 aromatic rings. The molecule has 0 aliphatic rings. The molecule has 0 unspecified atom stereocenters. The van der Waals surface area contributed by atoms with Crippen LogP contribution in [0.1, 0.15) is 5.56 Å². The van der Waals surface area contributed by atoms with E-state index in [0.29, 0.717) is 4.34 Å². The molecule has 1 aromatic heterocycles. The van der Waals surface area contributed by atoms with E-state index in [1.165, 1.54) is 19.2 Å². The van der Waals surface area contributed by atoms with Crippen molar-refractivity contribution in [3.05, 3.63) is 46.3 Å². The second kappa shape index (κ2) is 8.35. The maximum atomic E-state index is 12.3. The number of carbonyl (C=O) groups excluding carboxylic acids is 1. The number of nitrogens with zero attached hydrogens (tertiary/aromatic N) is 1. The van der Waals surface area contributed by atoms with E-state index in [1.807, 2.05) is 30.5 Å². The summed E-state index contributed by atoms with van der Waals surface area (Å²) in [5.74, 6) is -0.613. The van der Waals surface area contributed by atoms with Gasteiger partial charge in [-0.3, -0.25) is 4.79 Å². The van der Waals surface area contributed by atoms with Crippen LogP contribution in [0.3, 0.4) is 0 Å². The molecule has 0 bridgehead atoms. The summed E-state index contributed by atoms with van der Waals surface area (Å²) in [6.07, 6.45) is 1.98. The zero-order valence-electron chi connectivity index (χ0n) is 13.1. The number of sulfonamides is 1. The third-order valence-electron chi connectivity index (χ3n) is 3.12. The van der Waals surface area contributed by atoms with Crippen molar-refractivity contribution >= 4 is 50.7 Å². The molecular weight excluding hydrogens is 390 g/mol. The lowest BCUT2D eigenvalue weighted by Crippen LogP contribution is -2.32. The third kappa shape index (κ3) is 4.97. The molecule has 0 saturated heterocycles. The molecule has 0 aliphatic carbocycles. The molecule has 0 amide bonds. The molecule has 5 nitrogen and oxygen atoms in total. The van der Waals surface area contributed by atoms with Crippen molar-refractivity contribution in [3.63, 3.8) is 0 Å². The number of hydrogen-bond donors (Lipinski definition) is 0. The molecule has 0 aliphatic heterocycles. The van der Waals surface area contributed by atoms with Crippen LogP contribution in [0.5, 0.6) is 0 Å². The van der Waals surface area contributed by atoms with Gasteiger partial charge in [0.25, 0.3) is 10.0 Å². The molecule has 1 heterocycles. The van der Waals surface area contributed by atoms with Crippen LogP contribution in [0.25, 0.3) is 0 Å². The number of hydrogen-bond acceptors (Lipinski definition) is 6. The molecule has 1 aromatic carbocycles. The lowest BCUT2D eigenvalue weighted by atomic mass is 10.2. The smallest absolute Gasteiger partial charge is 0.321 e. The number of rotatable bonds is 7. The van der Waals surface area contributed by atoms with Crippen molar-refractivity contribution in [3.8, 4) is 0 Å². The first-order valence-corrected chi connectivity index (χ1v) is 10.7. The van der Waals surface area contributed by atoms with E-state index in [4.69, 9.17) is 16.3 Å². The predicted molar refractivity (Wildman–Crippen MR) is 97.2 cm³/mol. The Balaban J connectivity index is 1.91. The fourth-order valence-electron chi connectivity index (χ4n) is 1.79. The van der Waals surface area contributed by atoms with E-state index in [-0.39, 0.29) is 17.4 Å². The quantitative estimate of drug-likeness (QED) is 0.521. The fourth-order valence-corrected chi connectivity index (χ4v) is 5.01. The first kappa shape index (κ1) is 19.3. The molecule has 0 atom stereocenters.